The van der Waals surface area contributed by atoms with Crippen molar-refractivity contribution < 1.29 is 14.6 Å². The highest BCUT2D eigenvalue weighted by molar-refractivity contribution is 6.31. The number of nitrogens with one attached hydrogen (secondary N) is 1. The molecule has 0 aromatic heterocycles. The molecule has 0 heterocycles. The number of hydrogen-bond acceptors (Lipinski definition) is 3. The molecule has 2 rings (SSSR count). The molecular weight excluding hydrogens is 302 g/mol. The van der Waals surface area contributed by atoms with Crippen LogP contribution < -0.4 is 10.1 Å². The summed E-state index contributed by atoms with van der Waals surface area (Å²) in [6, 6.07) is 12.2. The molecule has 0 bridgehead atoms. The summed E-state index contributed by atoms with van der Waals surface area (Å²) in [4.78, 5) is 12.1. The van der Waals surface area contributed by atoms with Crippen LogP contribution in [0.4, 0.5) is 0 Å². The van der Waals surface area contributed by atoms with Gasteiger partial charge in [-0.3, -0.25) is 4.79 Å². The maximum Gasteiger partial charge on any atom is 0.251 e. The Balaban J connectivity index is 1.99. The Bertz CT molecular complexity index is 673. The van der Waals surface area contributed by atoms with Crippen LogP contribution in [0, 0.1) is 6.92 Å². The van der Waals surface area contributed by atoms with Crippen molar-refractivity contribution in [3.63, 3.8) is 0 Å². The van der Waals surface area contributed by atoms with Crippen molar-refractivity contribution in [3.05, 3.63) is 64.2 Å². The van der Waals surface area contributed by atoms with Crippen molar-refractivity contribution in [1.29, 1.82) is 0 Å². The quantitative estimate of drug-likeness (QED) is 0.890. The van der Waals surface area contributed by atoms with Crippen LogP contribution in [-0.4, -0.2) is 24.7 Å². The van der Waals surface area contributed by atoms with Crippen molar-refractivity contribution >= 4 is 17.5 Å². The lowest BCUT2D eigenvalue weighted by molar-refractivity contribution is 0.0916. The highest BCUT2D eigenvalue weighted by Gasteiger charge is 2.12. The van der Waals surface area contributed by atoms with E-state index in [-0.39, 0.29) is 12.5 Å². The third-order valence-corrected chi connectivity index (χ3v) is 3.78. The van der Waals surface area contributed by atoms with Crippen molar-refractivity contribution in [1.82, 2.24) is 5.32 Å². The Morgan fingerprint density at radius 3 is 2.77 bits per heavy atom. The first kappa shape index (κ1) is 16.3. The third kappa shape index (κ3) is 4.00. The molecule has 0 saturated heterocycles. The molecule has 2 aromatic rings. The first-order valence-electron chi connectivity index (χ1n) is 6.87. The Hall–Kier alpha value is -2.04. The second kappa shape index (κ2) is 7.29. The van der Waals surface area contributed by atoms with E-state index in [0.29, 0.717) is 21.9 Å². The SMILES string of the molecule is COc1cccc(C(O)CNC(=O)c2ccc(C)c(Cl)c2)c1. The van der Waals surface area contributed by atoms with Gasteiger partial charge in [0, 0.05) is 17.1 Å². The fourth-order valence-electron chi connectivity index (χ4n) is 1.99. The van der Waals surface area contributed by atoms with Crippen molar-refractivity contribution in [2.45, 2.75) is 13.0 Å². The molecule has 4 nitrogen and oxygen atoms in total. The van der Waals surface area contributed by atoms with Gasteiger partial charge in [-0.15, -0.1) is 0 Å². The van der Waals surface area contributed by atoms with Crippen molar-refractivity contribution in [2.75, 3.05) is 13.7 Å². The van der Waals surface area contributed by atoms with Crippen LogP contribution in [0.3, 0.4) is 0 Å². The molecule has 22 heavy (non-hydrogen) atoms. The zero-order valence-electron chi connectivity index (χ0n) is 12.5. The fraction of sp³-hybridized carbons (Fsp3) is 0.235. The first-order chi connectivity index (χ1) is 10.5. The van der Waals surface area contributed by atoms with E-state index in [1.807, 2.05) is 6.92 Å². The van der Waals surface area contributed by atoms with Gasteiger partial charge in [0.05, 0.1) is 13.2 Å². The Labute approximate surface area is 134 Å². The lowest BCUT2D eigenvalue weighted by Crippen LogP contribution is -2.28. The van der Waals surface area contributed by atoms with Crippen LogP contribution in [0.15, 0.2) is 42.5 Å². The number of amides is 1. The molecule has 0 aliphatic rings. The molecule has 0 aliphatic carbocycles. The van der Waals surface area contributed by atoms with Crippen LogP contribution >= 0.6 is 11.6 Å². The molecular formula is C17H18ClNO3. The summed E-state index contributed by atoms with van der Waals surface area (Å²) in [6.45, 7) is 1.98. The van der Waals surface area contributed by atoms with E-state index in [1.165, 1.54) is 0 Å². The molecule has 2 aromatic carbocycles. The van der Waals surface area contributed by atoms with Gasteiger partial charge in [0.1, 0.15) is 5.75 Å². The van der Waals surface area contributed by atoms with Gasteiger partial charge in [0.25, 0.3) is 5.91 Å². The van der Waals surface area contributed by atoms with E-state index < -0.39 is 6.10 Å². The third-order valence-electron chi connectivity index (χ3n) is 3.37. The van der Waals surface area contributed by atoms with Crippen molar-refractivity contribution in [3.8, 4) is 5.75 Å². The topological polar surface area (TPSA) is 58.6 Å². The minimum atomic E-state index is -0.806. The van der Waals surface area contributed by atoms with E-state index in [9.17, 15) is 9.90 Å². The van der Waals surface area contributed by atoms with Crippen LogP contribution in [0.25, 0.3) is 0 Å². The van der Waals surface area contributed by atoms with E-state index in [2.05, 4.69) is 5.32 Å². The van der Waals surface area contributed by atoms with Gasteiger partial charge in [-0.1, -0.05) is 29.8 Å². The largest absolute Gasteiger partial charge is 0.497 e. The van der Waals surface area contributed by atoms with Gasteiger partial charge in [0.2, 0.25) is 0 Å². The standard InChI is InChI=1S/C17H18ClNO3/c1-11-6-7-13(9-15(11)18)17(21)19-10-16(20)12-4-3-5-14(8-12)22-2/h3-9,16,20H,10H2,1-2H3,(H,19,21). The average Bonchev–Trinajstić information content (AvgIpc) is 2.54. The van der Waals surface area contributed by atoms with Crippen LogP contribution in [0.2, 0.25) is 5.02 Å². The Kier molecular flexibility index (Phi) is 5.41. The first-order valence-corrected chi connectivity index (χ1v) is 7.25. The number of halogens is 1. The van der Waals surface area contributed by atoms with Gasteiger partial charge >= 0.3 is 0 Å². The number of hydrogen-bond donors (Lipinski definition) is 2. The maximum absolute atomic E-state index is 12.1. The van der Waals surface area contributed by atoms with Crippen LogP contribution in [0.1, 0.15) is 27.6 Å². The van der Waals surface area contributed by atoms with Gasteiger partial charge < -0.3 is 15.2 Å². The second-order valence-electron chi connectivity index (χ2n) is 4.97. The monoisotopic (exact) mass is 319 g/mol. The summed E-state index contributed by atoms with van der Waals surface area (Å²) in [7, 11) is 1.56. The van der Waals surface area contributed by atoms with Crippen molar-refractivity contribution in [2.24, 2.45) is 0 Å². The van der Waals surface area contributed by atoms with Gasteiger partial charge in [0.15, 0.2) is 0 Å². The molecule has 1 amide bonds. The van der Waals surface area contributed by atoms with Gasteiger partial charge in [-0.2, -0.15) is 0 Å². The number of benzene rings is 2. The number of ether oxygens (including phenoxy) is 1. The van der Waals surface area contributed by atoms with Gasteiger partial charge in [-0.25, -0.2) is 0 Å². The summed E-state index contributed by atoms with van der Waals surface area (Å²) in [6.07, 6.45) is -0.806. The molecule has 0 fully saturated rings. The Morgan fingerprint density at radius 2 is 2.09 bits per heavy atom. The number of carbonyl (C=O) groups excluding carboxylic acids is 1. The van der Waals surface area contributed by atoms with Crippen LogP contribution in [-0.2, 0) is 0 Å². The molecule has 1 unspecified atom stereocenters. The predicted molar refractivity (Wildman–Crippen MR) is 86.5 cm³/mol. The highest BCUT2D eigenvalue weighted by Crippen LogP contribution is 2.19. The minimum absolute atomic E-state index is 0.109. The Morgan fingerprint density at radius 1 is 1.32 bits per heavy atom. The van der Waals surface area contributed by atoms with Gasteiger partial charge in [-0.05, 0) is 42.3 Å². The normalized spacial score (nSPS) is 11.8. The smallest absolute Gasteiger partial charge is 0.251 e. The second-order valence-corrected chi connectivity index (χ2v) is 5.37. The summed E-state index contributed by atoms with van der Waals surface area (Å²) >= 11 is 6.01. The number of rotatable bonds is 5. The number of aliphatic hydroxyl groups excluding tert-OH is 1. The highest BCUT2D eigenvalue weighted by atomic mass is 35.5. The number of methoxy groups -OCH3 is 1. The maximum atomic E-state index is 12.1. The number of aliphatic hydroxyl groups is 1. The lowest BCUT2D eigenvalue weighted by Gasteiger charge is -2.13. The summed E-state index contributed by atoms with van der Waals surface area (Å²) in [5.41, 5.74) is 2.06. The molecule has 2 N–H and O–H groups in total. The minimum Gasteiger partial charge on any atom is -0.497 e. The molecule has 116 valence electrons. The summed E-state index contributed by atoms with van der Waals surface area (Å²) < 4.78 is 5.11. The molecule has 0 aliphatic heterocycles. The van der Waals surface area contributed by atoms with E-state index >= 15 is 0 Å². The summed E-state index contributed by atoms with van der Waals surface area (Å²) in [5, 5.41) is 13.4. The molecule has 0 radical (unpaired) electrons. The molecule has 0 saturated carbocycles. The summed E-state index contributed by atoms with van der Waals surface area (Å²) in [5.74, 6) is 0.386. The lowest BCUT2D eigenvalue weighted by atomic mass is 10.1. The molecule has 0 spiro atoms. The zero-order chi connectivity index (χ0) is 16.1. The van der Waals surface area contributed by atoms with E-state index in [1.54, 1.807) is 49.6 Å². The molecule has 5 heteroatoms. The van der Waals surface area contributed by atoms with E-state index in [0.717, 1.165) is 5.56 Å². The number of aryl methyl sites for hydroxylation is 1. The zero-order valence-corrected chi connectivity index (χ0v) is 13.2. The molecule has 1 atom stereocenters. The number of carbonyl (C=O) groups is 1. The fourth-order valence-corrected chi connectivity index (χ4v) is 2.17. The predicted octanol–water partition coefficient (Wildman–Crippen LogP) is 3.12. The average molecular weight is 320 g/mol. The van der Waals surface area contributed by atoms with Crippen LogP contribution in [0.5, 0.6) is 5.75 Å². The van der Waals surface area contributed by atoms with E-state index in [4.69, 9.17) is 16.3 Å².